The maximum atomic E-state index is 5.59. The molecule has 0 unspecified atom stereocenters. The van der Waals surface area contributed by atoms with Crippen LogP contribution in [0.1, 0.15) is 6.42 Å². The molecule has 1 saturated heterocycles. The van der Waals surface area contributed by atoms with Crippen molar-refractivity contribution < 1.29 is 4.74 Å². The first kappa shape index (κ1) is 12.8. The first-order chi connectivity index (χ1) is 9.29. The van der Waals surface area contributed by atoms with Crippen molar-refractivity contribution in [3.05, 3.63) is 24.3 Å². The third-order valence-electron chi connectivity index (χ3n) is 3.78. The fraction of sp³-hybridized carbons (Fsp3) is 0.500. The summed E-state index contributed by atoms with van der Waals surface area (Å²) in [5.74, 6) is 0. The molecule has 1 fully saturated rings. The van der Waals surface area contributed by atoms with Gasteiger partial charge in [-0.2, -0.15) is 0 Å². The second-order valence-corrected chi connectivity index (χ2v) is 5.92. The minimum atomic E-state index is 0.228. The van der Waals surface area contributed by atoms with Crippen molar-refractivity contribution >= 4 is 26.7 Å². The Hall–Kier alpha value is -1.17. The van der Waals surface area contributed by atoms with E-state index in [-0.39, 0.29) is 6.10 Å². The predicted molar refractivity (Wildman–Crippen MR) is 80.1 cm³/mol. The number of hydrogen-bond acceptors (Lipinski definition) is 5. The average Bonchev–Trinajstić information content (AvgIpc) is 2.90. The standard InChI is InChI=1S/C14H19N3OS/c1-17(11-7-8-15-9-12(11)18-2)14-16-10-5-3-4-6-13(10)19-14/h3-6,11-12,15H,7-9H2,1-2H3/t11-,12+/m0/s1. The van der Waals surface area contributed by atoms with Crippen molar-refractivity contribution in [2.75, 3.05) is 32.1 Å². The van der Waals surface area contributed by atoms with Gasteiger partial charge in [0.25, 0.3) is 0 Å². The molecule has 2 atom stereocenters. The van der Waals surface area contributed by atoms with Crippen LogP contribution in [0.3, 0.4) is 0 Å². The third-order valence-corrected chi connectivity index (χ3v) is 4.90. The highest BCUT2D eigenvalue weighted by atomic mass is 32.1. The van der Waals surface area contributed by atoms with Crippen LogP contribution in [0.4, 0.5) is 5.13 Å². The monoisotopic (exact) mass is 277 g/mol. The molecule has 0 aliphatic carbocycles. The van der Waals surface area contributed by atoms with Crippen LogP contribution in [0.25, 0.3) is 10.2 Å². The van der Waals surface area contributed by atoms with Crippen LogP contribution in [-0.4, -0.2) is 44.4 Å². The number of nitrogens with zero attached hydrogens (tertiary/aromatic N) is 2. The molecule has 1 N–H and O–H groups in total. The molecule has 0 spiro atoms. The Morgan fingerprint density at radius 3 is 3.05 bits per heavy atom. The summed E-state index contributed by atoms with van der Waals surface area (Å²) in [7, 11) is 3.91. The Bertz CT molecular complexity index is 523. The van der Waals surface area contributed by atoms with Gasteiger partial charge in [0.2, 0.25) is 0 Å². The third kappa shape index (κ3) is 2.45. The van der Waals surface area contributed by atoms with Crippen LogP contribution in [0.2, 0.25) is 0 Å². The van der Waals surface area contributed by atoms with Gasteiger partial charge in [-0.3, -0.25) is 0 Å². The number of rotatable bonds is 3. The Labute approximate surface area is 117 Å². The molecule has 3 rings (SSSR count). The molecule has 4 nitrogen and oxygen atoms in total. The Balaban J connectivity index is 1.87. The molecule has 1 aromatic heterocycles. The first-order valence-electron chi connectivity index (χ1n) is 6.61. The SMILES string of the molecule is CO[C@@H]1CNCC[C@@H]1N(C)c1nc2ccccc2s1. The van der Waals surface area contributed by atoms with Crippen molar-refractivity contribution in [3.63, 3.8) is 0 Å². The fourth-order valence-corrected chi connectivity index (χ4v) is 3.64. The van der Waals surface area contributed by atoms with Gasteiger partial charge in [-0.1, -0.05) is 23.5 Å². The van der Waals surface area contributed by atoms with E-state index in [2.05, 4.69) is 35.5 Å². The highest BCUT2D eigenvalue weighted by Gasteiger charge is 2.29. The number of benzene rings is 1. The van der Waals surface area contributed by atoms with Gasteiger partial charge in [-0.25, -0.2) is 4.98 Å². The van der Waals surface area contributed by atoms with Gasteiger partial charge in [0.15, 0.2) is 5.13 Å². The van der Waals surface area contributed by atoms with E-state index in [0.717, 1.165) is 30.2 Å². The van der Waals surface area contributed by atoms with Crippen LogP contribution in [0.5, 0.6) is 0 Å². The highest BCUT2D eigenvalue weighted by Crippen LogP contribution is 2.30. The molecule has 2 aromatic rings. The van der Waals surface area contributed by atoms with E-state index < -0.39 is 0 Å². The minimum Gasteiger partial charge on any atom is -0.378 e. The summed E-state index contributed by atoms with van der Waals surface area (Å²) in [6.45, 7) is 1.95. The lowest BCUT2D eigenvalue weighted by Crippen LogP contribution is -2.52. The lowest BCUT2D eigenvalue weighted by Gasteiger charge is -2.37. The Morgan fingerprint density at radius 1 is 1.42 bits per heavy atom. The van der Waals surface area contributed by atoms with Gasteiger partial charge in [0.1, 0.15) is 0 Å². The molecule has 0 saturated carbocycles. The number of hydrogen-bond donors (Lipinski definition) is 1. The van der Waals surface area contributed by atoms with E-state index in [1.807, 2.05) is 6.07 Å². The number of fused-ring (bicyclic) bond motifs is 1. The van der Waals surface area contributed by atoms with Crippen LogP contribution in [-0.2, 0) is 4.74 Å². The Kier molecular flexibility index (Phi) is 3.68. The molecule has 1 aromatic carbocycles. The summed E-state index contributed by atoms with van der Waals surface area (Å²) in [6.07, 6.45) is 1.32. The molecule has 1 aliphatic heterocycles. The van der Waals surface area contributed by atoms with Crippen molar-refractivity contribution in [2.24, 2.45) is 0 Å². The van der Waals surface area contributed by atoms with Crippen molar-refractivity contribution in [2.45, 2.75) is 18.6 Å². The zero-order valence-corrected chi connectivity index (χ0v) is 12.1. The van der Waals surface area contributed by atoms with Crippen molar-refractivity contribution in [3.8, 4) is 0 Å². The number of nitrogens with one attached hydrogen (secondary N) is 1. The molecule has 0 radical (unpaired) electrons. The molecule has 0 bridgehead atoms. The van der Waals surface area contributed by atoms with E-state index in [0.29, 0.717) is 6.04 Å². The average molecular weight is 277 g/mol. The number of thiazole rings is 1. The Morgan fingerprint density at radius 2 is 2.26 bits per heavy atom. The maximum Gasteiger partial charge on any atom is 0.186 e. The van der Waals surface area contributed by atoms with Crippen molar-refractivity contribution in [1.29, 1.82) is 0 Å². The van der Waals surface area contributed by atoms with Crippen LogP contribution in [0.15, 0.2) is 24.3 Å². The highest BCUT2D eigenvalue weighted by molar-refractivity contribution is 7.22. The van der Waals surface area contributed by atoms with Crippen LogP contribution >= 0.6 is 11.3 Å². The van der Waals surface area contributed by atoms with Gasteiger partial charge >= 0.3 is 0 Å². The molecule has 19 heavy (non-hydrogen) atoms. The number of piperidine rings is 1. The molecule has 102 valence electrons. The second-order valence-electron chi connectivity index (χ2n) is 4.91. The normalized spacial score (nSPS) is 23.7. The summed E-state index contributed by atoms with van der Waals surface area (Å²) in [5, 5.41) is 4.46. The van der Waals surface area contributed by atoms with E-state index in [1.165, 1.54) is 4.70 Å². The number of anilines is 1. The van der Waals surface area contributed by atoms with E-state index in [4.69, 9.17) is 9.72 Å². The minimum absolute atomic E-state index is 0.228. The predicted octanol–water partition coefficient (Wildman–Crippen LogP) is 2.11. The van der Waals surface area contributed by atoms with Gasteiger partial charge in [-0.15, -0.1) is 0 Å². The number of ether oxygens (including phenoxy) is 1. The molecular formula is C14H19N3OS. The van der Waals surface area contributed by atoms with Gasteiger partial charge in [0.05, 0.1) is 22.4 Å². The maximum absolute atomic E-state index is 5.59. The lowest BCUT2D eigenvalue weighted by atomic mass is 10.0. The summed E-state index contributed by atoms with van der Waals surface area (Å²) in [5.41, 5.74) is 1.08. The zero-order chi connectivity index (χ0) is 13.2. The topological polar surface area (TPSA) is 37.4 Å². The quantitative estimate of drug-likeness (QED) is 0.932. The largest absolute Gasteiger partial charge is 0.378 e. The van der Waals surface area contributed by atoms with Crippen LogP contribution < -0.4 is 10.2 Å². The number of likely N-dealkylation sites (N-methyl/N-ethyl adjacent to an activating group) is 1. The molecule has 1 aliphatic rings. The van der Waals surface area contributed by atoms with E-state index in [9.17, 15) is 0 Å². The smallest absolute Gasteiger partial charge is 0.186 e. The van der Waals surface area contributed by atoms with E-state index in [1.54, 1.807) is 18.4 Å². The molecule has 2 heterocycles. The summed E-state index contributed by atoms with van der Waals surface area (Å²) >= 11 is 1.75. The van der Waals surface area contributed by atoms with Crippen molar-refractivity contribution in [1.82, 2.24) is 10.3 Å². The van der Waals surface area contributed by atoms with Gasteiger partial charge < -0.3 is 15.0 Å². The summed E-state index contributed by atoms with van der Waals surface area (Å²) < 4.78 is 6.84. The summed E-state index contributed by atoms with van der Waals surface area (Å²) in [4.78, 5) is 7.00. The zero-order valence-electron chi connectivity index (χ0n) is 11.3. The fourth-order valence-electron chi connectivity index (χ4n) is 2.65. The second kappa shape index (κ2) is 5.45. The van der Waals surface area contributed by atoms with Gasteiger partial charge in [0, 0.05) is 20.7 Å². The lowest BCUT2D eigenvalue weighted by molar-refractivity contribution is 0.0630. The van der Waals surface area contributed by atoms with Crippen LogP contribution in [0, 0.1) is 0 Å². The molecule has 0 amide bonds. The molecule has 5 heteroatoms. The summed E-state index contributed by atoms with van der Waals surface area (Å²) in [6, 6.07) is 8.69. The number of aromatic nitrogens is 1. The number of methoxy groups -OCH3 is 1. The number of para-hydroxylation sites is 1. The first-order valence-corrected chi connectivity index (χ1v) is 7.43. The molecular weight excluding hydrogens is 258 g/mol. The van der Waals surface area contributed by atoms with Gasteiger partial charge in [-0.05, 0) is 25.1 Å². The van der Waals surface area contributed by atoms with E-state index >= 15 is 0 Å².